The molecule has 2 rings (SSSR count). The highest BCUT2D eigenvalue weighted by Gasteiger charge is 2.18. The normalized spacial score (nSPS) is 15.2. The lowest BCUT2D eigenvalue weighted by Gasteiger charge is -2.22. The molecule has 1 heterocycles. The van der Waals surface area contributed by atoms with Gasteiger partial charge < -0.3 is 19.5 Å². The van der Waals surface area contributed by atoms with E-state index in [4.69, 9.17) is 9.47 Å². The molecule has 1 aliphatic rings. The van der Waals surface area contributed by atoms with Crippen molar-refractivity contribution in [2.75, 3.05) is 33.9 Å². The van der Waals surface area contributed by atoms with Crippen LogP contribution in [-0.4, -0.2) is 55.9 Å². The van der Waals surface area contributed by atoms with Crippen LogP contribution in [0.4, 0.5) is 0 Å². The molecule has 20 heavy (non-hydrogen) atoms. The summed E-state index contributed by atoms with van der Waals surface area (Å²) < 4.78 is 10.4. The van der Waals surface area contributed by atoms with E-state index in [1.807, 2.05) is 12.1 Å². The Morgan fingerprint density at radius 3 is 3.10 bits per heavy atom. The summed E-state index contributed by atoms with van der Waals surface area (Å²) in [6, 6.07) is 5.50. The van der Waals surface area contributed by atoms with Crippen LogP contribution in [0.15, 0.2) is 18.2 Å². The third kappa shape index (κ3) is 3.49. The first kappa shape index (κ1) is 14.8. The number of fused-ring (bicyclic) bond motifs is 1. The average molecular weight is 279 g/mol. The fourth-order valence-corrected chi connectivity index (χ4v) is 2.36. The highest BCUT2D eigenvalue weighted by molar-refractivity contribution is 5.94. The lowest BCUT2D eigenvalue weighted by Crippen LogP contribution is -2.36. The van der Waals surface area contributed by atoms with Gasteiger partial charge in [-0.05, 0) is 36.6 Å². The van der Waals surface area contributed by atoms with Crippen LogP contribution in [0.5, 0.6) is 5.75 Å². The van der Waals surface area contributed by atoms with Crippen LogP contribution in [0.2, 0.25) is 0 Å². The van der Waals surface area contributed by atoms with Gasteiger partial charge in [0, 0.05) is 26.3 Å². The maximum absolute atomic E-state index is 12.3. The van der Waals surface area contributed by atoms with Crippen LogP contribution in [0.3, 0.4) is 0 Å². The monoisotopic (exact) mass is 279 g/mol. The van der Waals surface area contributed by atoms with Crippen LogP contribution in [0, 0.1) is 0 Å². The minimum absolute atomic E-state index is 0.103. The minimum atomic E-state index is -0.671. The van der Waals surface area contributed by atoms with Gasteiger partial charge in [-0.2, -0.15) is 0 Å². The Hall–Kier alpha value is -1.59. The molecule has 0 bridgehead atoms. The summed E-state index contributed by atoms with van der Waals surface area (Å²) in [7, 11) is 3.20. The molecule has 1 amide bonds. The molecule has 110 valence electrons. The van der Waals surface area contributed by atoms with Gasteiger partial charge >= 0.3 is 0 Å². The number of carbonyl (C=O) groups excluding carboxylic acids is 1. The minimum Gasteiger partial charge on any atom is -0.493 e. The second-order valence-corrected chi connectivity index (χ2v) is 5.07. The molecule has 1 atom stereocenters. The molecule has 0 aromatic heterocycles. The predicted octanol–water partition coefficient (Wildman–Crippen LogP) is 1.09. The zero-order valence-corrected chi connectivity index (χ0v) is 12.0. The second-order valence-electron chi connectivity index (χ2n) is 5.07. The summed E-state index contributed by atoms with van der Waals surface area (Å²) in [6.45, 7) is 1.21. The van der Waals surface area contributed by atoms with Crippen LogP contribution >= 0.6 is 0 Å². The van der Waals surface area contributed by atoms with Crippen molar-refractivity contribution in [3.63, 3.8) is 0 Å². The van der Waals surface area contributed by atoms with Gasteiger partial charge in [0.15, 0.2) is 0 Å². The van der Waals surface area contributed by atoms with E-state index in [2.05, 4.69) is 0 Å². The summed E-state index contributed by atoms with van der Waals surface area (Å²) in [4.78, 5) is 13.8. The lowest BCUT2D eigenvalue weighted by molar-refractivity contribution is 0.0380. The van der Waals surface area contributed by atoms with E-state index < -0.39 is 6.10 Å². The Balaban J connectivity index is 2.05. The van der Waals surface area contributed by atoms with Crippen molar-refractivity contribution >= 4 is 5.91 Å². The first-order valence-electron chi connectivity index (χ1n) is 6.80. The Kier molecular flexibility index (Phi) is 4.98. The van der Waals surface area contributed by atoms with Crippen molar-refractivity contribution in [3.8, 4) is 5.75 Å². The zero-order valence-electron chi connectivity index (χ0n) is 12.0. The number of nitrogens with zero attached hydrogens (tertiary/aromatic N) is 1. The van der Waals surface area contributed by atoms with Gasteiger partial charge in [-0.15, -0.1) is 0 Å². The molecule has 0 radical (unpaired) electrons. The average Bonchev–Trinajstić information content (AvgIpc) is 2.46. The number of amides is 1. The third-order valence-electron chi connectivity index (χ3n) is 3.35. The molecular weight excluding hydrogens is 258 g/mol. The van der Waals surface area contributed by atoms with Gasteiger partial charge in [0.25, 0.3) is 5.91 Å². The van der Waals surface area contributed by atoms with Crippen molar-refractivity contribution in [2.45, 2.75) is 18.9 Å². The van der Waals surface area contributed by atoms with Gasteiger partial charge in [-0.3, -0.25) is 4.79 Å². The molecule has 0 spiro atoms. The van der Waals surface area contributed by atoms with Gasteiger partial charge in [0.05, 0.1) is 19.3 Å². The first-order chi connectivity index (χ1) is 9.61. The molecule has 1 aromatic rings. The lowest BCUT2D eigenvalue weighted by atomic mass is 10.0. The number of methoxy groups -OCH3 is 1. The van der Waals surface area contributed by atoms with E-state index in [1.165, 1.54) is 12.0 Å². The maximum Gasteiger partial charge on any atom is 0.253 e. The quantitative estimate of drug-likeness (QED) is 0.876. The number of hydrogen-bond donors (Lipinski definition) is 1. The van der Waals surface area contributed by atoms with Crippen LogP contribution < -0.4 is 4.74 Å². The van der Waals surface area contributed by atoms with Crippen molar-refractivity contribution in [1.82, 2.24) is 4.90 Å². The molecule has 0 saturated heterocycles. The topological polar surface area (TPSA) is 59.0 Å². The van der Waals surface area contributed by atoms with Crippen LogP contribution in [0.1, 0.15) is 22.3 Å². The number of hydrogen-bond acceptors (Lipinski definition) is 4. The molecule has 1 unspecified atom stereocenters. The maximum atomic E-state index is 12.3. The van der Waals surface area contributed by atoms with Crippen molar-refractivity contribution in [1.29, 1.82) is 0 Å². The SMILES string of the molecule is COCC(O)CN(C)C(=O)c1ccc2c(c1)CCCO2. The number of carbonyl (C=O) groups is 1. The summed E-state index contributed by atoms with van der Waals surface area (Å²) in [6.07, 6.45) is 1.24. The van der Waals surface area contributed by atoms with Crippen molar-refractivity contribution < 1.29 is 19.4 Å². The second kappa shape index (κ2) is 6.72. The largest absolute Gasteiger partial charge is 0.493 e. The molecule has 1 aromatic carbocycles. The Labute approximate surface area is 119 Å². The smallest absolute Gasteiger partial charge is 0.253 e. The van der Waals surface area contributed by atoms with Crippen molar-refractivity contribution in [2.24, 2.45) is 0 Å². The summed E-state index contributed by atoms with van der Waals surface area (Å²) in [5, 5.41) is 9.67. The Bertz CT molecular complexity index is 475. The highest BCUT2D eigenvalue weighted by atomic mass is 16.5. The molecule has 1 N–H and O–H groups in total. The van der Waals surface area contributed by atoms with E-state index in [9.17, 15) is 9.90 Å². The van der Waals surface area contributed by atoms with E-state index in [-0.39, 0.29) is 19.1 Å². The number of ether oxygens (including phenoxy) is 2. The molecule has 0 saturated carbocycles. The summed E-state index contributed by atoms with van der Waals surface area (Å²) in [5.41, 5.74) is 1.70. The first-order valence-corrected chi connectivity index (χ1v) is 6.80. The number of benzene rings is 1. The van der Waals surface area contributed by atoms with Gasteiger partial charge in [0.1, 0.15) is 5.75 Å². The van der Waals surface area contributed by atoms with Crippen molar-refractivity contribution in [3.05, 3.63) is 29.3 Å². The number of aryl methyl sites for hydroxylation is 1. The Morgan fingerprint density at radius 1 is 1.55 bits per heavy atom. The Morgan fingerprint density at radius 2 is 2.35 bits per heavy atom. The van der Waals surface area contributed by atoms with E-state index in [0.29, 0.717) is 5.56 Å². The molecule has 5 heteroatoms. The molecule has 0 aliphatic carbocycles. The number of aliphatic hydroxyl groups is 1. The number of likely N-dealkylation sites (N-methyl/N-ethyl adjacent to an activating group) is 1. The predicted molar refractivity (Wildman–Crippen MR) is 75.1 cm³/mol. The number of aliphatic hydroxyl groups excluding tert-OH is 1. The van der Waals surface area contributed by atoms with E-state index in [1.54, 1.807) is 13.1 Å². The zero-order chi connectivity index (χ0) is 14.5. The summed E-state index contributed by atoms with van der Waals surface area (Å²) >= 11 is 0. The fraction of sp³-hybridized carbons (Fsp3) is 0.533. The molecule has 1 aliphatic heterocycles. The van der Waals surface area contributed by atoms with Gasteiger partial charge in [-0.1, -0.05) is 0 Å². The standard InChI is InChI=1S/C15H21NO4/c1-16(9-13(17)10-19-2)15(18)12-5-6-14-11(8-12)4-3-7-20-14/h5-6,8,13,17H,3-4,7,9-10H2,1-2H3. The molecular formula is C15H21NO4. The highest BCUT2D eigenvalue weighted by Crippen LogP contribution is 2.25. The summed E-state index contributed by atoms with van der Waals surface area (Å²) in [5.74, 6) is 0.767. The van der Waals surface area contributed by atoms with E-state index in [0.717, 1.165) is 30.8 Å². The van der Waals surface area contributed by atoms with Crippen LogP contribution in [0.25, 0.3) is 0 Å². The van der Waals surface area contributed by atoms with Gasteiger partial charge in [0.2, 0.25) is 0 Å². The van der Waals surface area contributed by atoms with E-state index >= 15 is 0 Å². The molecule has 0 fully saturated rings. The third-order valence-corrected chi connectivity index (χ3v) is 3.35. The number of rotatable bonds is 5. The van der Waals surface area contributed by atoms with Crippen LogP contribution in [-0.2, 0) is 11.2 Å². The van der Waals surface area contributed by atoms with Gasteiger partial charge in [-0.25, -0.2) is 0 Å². The fourth-order valence-electron chi connectivity index (χ4n) is 2.36. The molecule has 5 nitrogen and oxygen atoms in total.